The zero-order chi connectivity index (χ0) is 13.1. The number of ether oxygens (including phenoxy) is 2. The number of aliphatic hydroxyl groups is 1. The molecule has 1 rings (SSSR count). The molecule has 1 N–H and O–H groups in total. The van der Waals surface area contributed by atoms with E-state index >= 15 is 0 Å². The molecular weight excluding hydrogens is 228 g/mol. The molecule has 104 valence electrons. The molecule has 0 amide bonds. The summed E-state index contributed by atoms with van der Waals surface area (Å²) in [4.78, 5) is 0. The van der Waals surface area contributed by atoms with Crippen molar-refractivity contribution in [2.45, 2.75) is 57.8 Å². The van der Waals surface area contributed by atoms with Crippen LogP contribution in [0.4, 0.5) is 0 Å². The number of hydrogen-bond acceptors (Lipinski definition) is 3. The van der Waals surface area contributed by atoms with Gasteiger partial charge in [-0.1, -0.05) is 24.3 Å². The molecule has 0 spiro atoms. The first kappa shape index (κ1) is 15.4. The number of hydrogen-bond donors (Lipinski definition) is 1. The molecule has 18 heavy (non-hydrogen) atoms. The van der Waals surface area contributed by atoms with Crippen molar-refractivity contribution in [1.82, 2.24) is 0 Å². The smallest absolute Gasteiger partial charge is 0.157 e. The highest BCUT2D eigenvalue weighted by Crippen LogP contribution is 2.14. The molecule has 3 heteroatoms. The first-order chi connectivity index (χ1) is 8.83. The summed E-state index contributed by atoms with van der Waals surface area (Å²) in [6, 6.07) is 0. The Morgan fingerprint density at radius 1 is 1.33 bits per heavy atom. The molecule has 2 atom stereocenters. The minimum atomic E-state index is -0.341. The summed E-state index contributed by atoms with van der Waals surface area (Å²) in [7, 11) is 0. The summed E-state index contributed by atoms with van der Waals surface area (Å²) in [6.07, 6.45) is 13.4. The Balaban J connectivity index is 1.94. The van der Waals surface area contributed by atoms with Crippen LogP contribution < -0.4 is 0 Å². The molecule has 0 aromatic carbocycles. The fourth-order valence-corrected chi connectivity index (χ4v) is 1.91. The first-order valence-corrected chi connectivity index (χ1v) is 7.03. The number of allylic oxidation sites excluding steroid dienone is 3. The maximum absolute atomic E-state index is 9.64. The second-order valence-corrected chi connectivity index (χ2v) is 4.64. The van der Waals surface area contributed by atoms with Crippen LogP contribution in [0.5, 0.6) is 0 Å². The number of rotatable bonds is 8. The normalized spacial score (nSPS) is 22.9. The van der Waals surface area contributed by atoms with Crippen LogP contribution in [-0.2, 0) is 9.47 Å². The van der Waals surface area contributed by atoms with Crippen molar-refractivity contribution < 1.29 is 14.6 Å². The van der Waals surface area contributed by atoms with Gasteiger partial charge in [-0.15, -0.1) is 0 Å². The van der Waals surface area contributed by atoms with Gasteiger partial charge in [0.05, 0.1) is 6.10 Å². The van der Waals surface area contributed by atoms with Gasteiger partial charge in [-0.3, -0.25) is 0 Å². The minimum absolute atomic E-state index is 0.0123. The lowest BCUT2D eigenvalue weighted by molar-refractivity contribution is -0.162. The van der Waals surface area contributed by atoms with E-state index in [-0.39, 0.29) is 12.4 Å². The summed E-state index contributed by atoms with van der Waals surface area (Å²) in [6.45, 7) is 3.52. The van der Waals surface area contributed by atoms with Gasteiger partial charge < -0.3 is 14.6 Å². The Morgan fingerprint density at radius 3 is 2.94 bits per heavy atom. The molecule has 3 nitrogen and oxygen atoms in total. The van der Waals surface area contributed by atoms with Gasteiger partial charge in [-0.05, 0) is 45.4 Å². The average molecular weight is 254 g/mol. The molecular formula is C15H26O3. The minimum Gasteiger partial charge on any atom is -0.389 e. The van der Waals surface area contributed by atoms with E-state index < -0.39 is 0 Å². The largest absolute Gasteiger partial charge is 0.389 e. The topological polar surface area (TPSA) is 38.7 Å². The SMILES string of the molecule is C/C=C/C=C/C(O)CCCCOC1CCCCO1. The Bertz CT molecular complexity index is 242. The molecule has 1 aliphatic heterocycles. The Labute approximate surface area is 110 Å². The lowest BCUT2D eigenvalue weighted by Gasteiger charge is -2.22. The molecule has 0 aromatic rings. The van der Waals surface area contributed by atoms with Crippen LogP contribution in [-0.4, -0.2) is 30.7 Å². The van der Waals surface area contributed by atoms with Gasteiger partial charge >= 0.3 is 0 Å². The van der Waals surface area contributed by atoms with E-state index in [2.05, 4.69) is 0 Å². The highest BCUT2D eigenvalue weighted by Gasteiger charge is 2.13. The first-order valence-electron chi connectivity index (χ1n) is 7.03. The second kappa shape index (κ2) is 10.3. The van der Waals surface area contributed by atoms with Crippen molar-refractivity contribution in [3.63, 3.8) is 0 Å². The van der Waals surface area contributed by atoms with Crippen LogP contribution in [0.2, 0.25) is 0 Å². The zero-order valence-corrected chi connectivity index (χ0v) is 11.4. The Kier molecular flexibility index (Phi) is 8.82. The van der Waals surface area contributed by atoms with E-state index in [0.29, 0.717) is 0 Å². The number of aliphatic hydroxyl groups excluding tert-OH is 1. The summed E-state index contributed by atoms with van der Waals surface area (Å²) in [5, 5.41) is 9.64. The number of unbranched alkanes of at least 4 members (excludes halogenated alkanes) is 1. The van der Waals surface area contributed by atoms with Crippen LogP contribution in [0.25, 0.3) is 0 Å². The fraction of sp³-hybridized carbons (Fsp3) is 0.733. The molecule has 1 aliphatic rings. The average Bonchev–Trinajstić information content (AvgIpc) is 2.40. The molecule has 0 radical (unpaired) electrons. The summed E-state index contributed by atoms with van der Waals surface area (Å²) in [5.41, 5.74) is 0. The monoisotopic (exact) mass is 254 g/mol. The molecule has 0 aromatic heterocycles. The van der Waals surface area contributed by atoms with E-state index in [9.17, 15) is 5.11 Å². The quantitative estimate of drug-likeness (QED) is 0.534. The highest BCUT2D eigenvalue weighted by molar-refractivity contribution is 5.03. The van der Waals surface area contributed by atoms with Crippen molar-refractivity contribution in [3.05, 3.63) is 24.3 Å². The van der Waals surface area contributed by atoms with Crippen molar-refractivity contribution >= 4 is 0 Å². The van der Waals surface area contributed by atoms with Crippen LogP contribution in [0.3, 0.4) is 0 Å². The standard InChI is InChI=1S/C15H26O3/c1-2-3-4-9-14(16)10-5-7-12-17-15-11-6-8-13-18-15/h2-4,9,14-16H,5-8,10-13H2,1H3/b3-2+,9-4+. The van der Waals surface area contributed by atoms with Crippen LogP contribution in [0.15, 0.2) is 24.3 Å². The molecule has 2 unspecified atom stereocenters. The van der Waals surface area contributed by atoms with Gasteiger partial charge in [-0.2, -0.15) is 0 Å². The van der Waals surface area contributed by atoms with E-state index in [1.165, 1.54) is 6.42 Å². The van der Waals surface area contributed by atoms with E-state index in [4.69, 9.17) is 9.47 Å². The molecule has 0 bridgehead atoms. The van der Waals surface area contributed by atoms with Gasteiger partial charge in [0.25, 0.3) is 0 Å². The van der Waals surface area contributed by atoms with Crippen molar-refractivity contribution in [3.8, 4) is 0 Å². The molecule has 1 fully saturated rings. The molecule has 1 heterocycles. The third-order valence-corrected chi connectivity index (χ3v) is 2.97. The summed E-state index contributed by atoms with van der Waals surface area (Å²) in [5.74, 6) is 0. The highest BCUT2D eigenvalue weighted by atomic mass is 16.7. The maximum Gasteiger partial charge on any atom is 0.157 e. The van der Waals surface area contributed by atoms with Crippen molar-refractivity contribution in [2.75, 3.05) is 13.2 Å². The zero-order valence-electron chi connectivity index (χ0n) is 11.4. The third kappa shape index (κ3) is 7.64. The second-order valence-electron chi connectivity index (χ2n) is 4.64. The van der Waals surface area contributed by atoms with E-state index in [0.717, 1.165) is 45.3 Å². The fourth-order valence-electron chi connectivity index (χ4n) is 1.91. The van der Waals surface area contributed by atoms with Gasteiger partial charge in [0.15, 0.2) is 6.29 Å². The maximum atomic E-state index is 9.64. The van der Waals surface area contributed by atoms with Gasteiger partial charge in [0.2, 0.25) is 0 Å². The van der Waals surface area contributed by atoms with E-state index in [1.807, 2.05) is 31.2 Å². The third-order valence-electron chi connectivity index (χ3n) is 2.97. The Hall–Kier alpha value is -0.640. The van der Waals surface area contributed by atoms with Gasteiger partial charge in [-0.25, -0.2) is 0 Å². The molecule has 1 saturated heterocycles. The van der Waals surface area contributed by atoms with Crippen LogP contribution in [0, 0.1) is 0 Å². The van der Waals surface area contributed by atoms with Crippen molar-refractivity contribution in [1.29, 1.82) is 0 Å². The summed E-state index contributed by atoms with van der Waals surface area (Å²) < 4.78 is 11.1. The summed E-state index contributed by atoms with van der Waals surface area (Å²) >= 11 is 0. The molecule has 0 aliphatic carbocycles. The Morgan fingerprint density at radius 2 is 2.22 bits per heavy atom. The lowest BCUT2D eigenvalue weighted by atomic mass is 10.1. The van der Waals surface area contributed by atoms with Crippen LogP contribution >= 0.6 is 0 Å². The lowest BCUT2D eigenvalue weighted by Crippen LogP contribution is -2.22. The predicted molar refractivity (Wildman–Crippen MR) is 73.4 cm³/mol. The van der Waals surface area contributed by atoms with Crippen molar-refractivity contribution in [2.24, 2.45) is 0 Å². The van der Waals surface area contributed by atoms with Crippen LogP contribution in [0.1, 0.15) is 45.4 Å². The molecule has 0 saturated carbocycles. The van der Waals surface area contributed by atoms with E-state index in [1.54, 1.807) is 0 Å². The van der Waals surface area contributed by atoms with Gasteiger partial charge in [0, 0.05) is 13.2 Å². The predicted octanol–water partition coefficient (Wildman–Crippen LogP) is 3.19. The van der Waals surface area contributed by atoms with Gasteiger partial charge in [0.1, 0.15) is 0 Å².